The second-order valence-corrected chi connectivity index (χ2v) is 15.6. The second kappa shape index (κ2) is 14.8. The minimum atomic E-state index is 0. The van der Waals surface area contributed by atoms with Crippen molar-refractivity contribution in [2.45, 2.75) is 75.3 Å². The van der Waals surface area contributed by atoms with Crippen molar-refractivity contribution in [3.8, 4) is 11.1 Å². The molecular formula is C28H32Cl2SiZr-2. The Bertz CT molecular complexity index is 838. The van der Waals surface area contributed by atoms with Gasteiger partial charge in [-0.05, 0) is 6.42 Å². The van der Waals surface area contributed by atoms with Gasteiger partial charge in [-0.2, -0.15) is 35.9 Å². The molecule has 4 heteroatoms. The molecule has 6 rings (SSSR count). The smallest absolute Gasteiger partial charge is 0.0253 e. The number of hydrogen-bond donors (Lipinski definition) is 0. The summed E-state index contributed by atoms with van der Waals surface area (Å²) in [6.07, 6.45) is 23.7. The summed E-state index contributed by atoms with van der Waals surface area (Å²) in [6.45, 7) is 0. The average Bonchev–Trinajstić information content (AvgIpc) is 3.61. The molecule has 2 aromatic carbocycles. The zero-order valence-corrected chi connectivity index (χ0v) is 23.7. The number of rotatable bonds is 2. The van der Waals surface area contributed by atoms with Crippen LogP contribution in [0, 0.1) is 12.1 Å². The van der Waals surface area contributed by atoms with E-state index in [0.29, 0.717) is 0 Å². The van der Waals surface area contributed by atoms with Crippen LogP contribution in [-0.4, -0.2) is 5.43 Å². The maximum atomic E-state index is 3.30. The summed E-state index contributed by atoms with van der Waals surface area (Å²) < 4.78 is 0. The number of allylic oxidation sites excluding steroid dienone is 4. The molecule has 0 aromatic heterocycles. The molecule has 0 spiro atoms. The van der Waals surface area contributed by atoms with Gasteiger partial charge in [-0.3, -0.25) is 6.08 Å². The first-order chi connectivity index (χ1) is 14.8. The van der Waals surface area contributed by atoms with E-state index in [0.717, 1.165) is 12.8 Å². The predicted octanol–water partition coefficient (Wildman–Crippen LogP) is 1.78. The van der Waals surface area contributed by atoms with Crippen LogP contribution in [-0.2, 0) is 29.8 Å². The summed E-state index contributed by atoms with van der Waals surface area (Å²) in [4.78, 5) is 0. The van der Waals surface area contributed by atoms with Crippen LogP contribution in [0.2, 0.25) is 11.1 Å². The van der Waals surface area contributed by atoms with E-state index >= 15 is 0 Å². The molecule has 2 saturated carbocycles. The SMILES string of the molecule is [C-]1=CC=CC1.[Cl-].[Cl-].[Zr+2]=[Si](C1CCCC1)C1CCCC1.[c-]1cccc2c1Cc1ccccc1-2. The van der Waals surface area contributed by atoms with Crippen molar-refractivity contribution in [3.05, 3.63) is 84.0 Å². The molecule has 2 fully saturated rings. The molecule has 0 N–H and O–H groups in total. The summed E-state index contributed by atoms with van der Waals surface area (Å²) in [7, 11) is 0. The molecule has 4 aliphatic carbocycles. The fraction of sp³-hybridized carbons (Fsp3) is 0.429. The molecule has 0 unspecified atom stereocenters. The molecule has 0 saturated heterocycles. The van der Waals surface area contributed by atoms with Gasteiger partial charge in [0.15, 0.2) is 0 Å². The van der Waals surface area contributed by atoms with E-state index in [2.05, 4.69) is 54.6 Å². The molecule has 0 bridgehead atoms. The Labute approximate surface area is 222 Å². The number of hydrogen-bond acceptors (Lipinski definition) is 0. The molecule has 2 aromatic rings. The number of halogens is 2. The molecule has 0 atom stereocenters. The Kier molecular flexibility index (Phi) is 12.9. The van der Waals surface area contributed by atoms with Gasteiger partial charge in [0.2, 0.25) is 0 Å². The standard InChI is InChI=1S/C13H9.C10H18Si.C5H5.2ClH.Zr/c1-3-7-12-10(5-1)9-11-6-2-4-8-13(11)12;1-2-6-9(5-1)11-10-7-3-4-8-10;1-2-4-5-3-1;;;/h1-5,7-8H,9H2;9-10H,1-8H2;1-3H,4H2;2*1H;/q-1;;-1;;;+2/p-2. The van der Waals surface area contributed by atoms with Crippen molar-refractivity contribution in [1.29, 1.82) is 0 Å². The number of benzene rings is 2. The van der Waals surface area contributed by atoms with E-state index in [1.807, 2.05) is 41.6 Å². The molecule has 0 radical (unpaired) electrons. The molecular weight excluding hydrogens is 527 g/mol. The maximum absolute atomic E-state index is 3.30. The van der Waals surface area contributed by atoms with E-state index in [9.17, 15) is 0 Å². The Morgan fingerprint density at radius 3 is 2.00 bits per heavy atom. The Hall–Kier alpha value is -0.400. The predicted molar refractivity (Wildman–Crippen MR) is 125 cm³/mol. The topological polar surface area (TPSA) is 0 Å². The summed E-state index contributed by atoms with van der Waals surface area (Å²) in [5.74, 6) is 0. The largest absolute Gasteiger partial charge is 0.179 e. The van der Waals surface area contributed by atoms with Crippen LogP contribution in [0.5, 0.6) is 0 Å². The quantitative estimate of drug-likeness (QED) is 0.333. The van der Waals surface area contributed by atoms with E-state index in [4.69, 9.17) is 0 Å². The minimum Gasteiger partial charge on any atom is -0.179 e. The second-order valence-electron chi connectivity index (χ2n) is 8.82. The number of fused-ring (bicyclic) bond motifs is 3. The maximum Gasteiger partial charge on any atom is -0.0253 e. The first kappa shape index (κ1) is 27.8. The van der Waals surface area contributed by atoms with Crippen molar-refractivity contribution in [3.63, 3.8) is 0 Å². The normalized spacial score (nSPS) is 17.8. The van der Waals surface area contributed by atoms with Crippen molar-refractivity contribution in [2.75, 3.05) is 0 Å². The molecule has 168 valence electrons. The van der Waals surface area contributed by atoms with E-state index in [1.54, 1.807) is 51.4 Å². The third-order valence-electron chi connectivity index (χ3n) is 6.79. The molecule has 32 heavy (non-hydrogen) atoms. The van der Waals surface area contributed by atoms with Crippen LogP contribution >= 0.6 is 0 Å². The van der Waals surface area contributed by atoms with Crippen molar-refractivity contribution in [1.82, 2.24) is 0 Å². The summed E-state index contributed by atoms with van der Waals surface area (Å²) in [5, 5.41) is 0. The van der Waals surface area contributed by atoms with Crippen molar-refractivity contribution < 1.29 is 48.1 Å². The molecule has 0 heterocycles. The fourth-order valence-electron chi connectivity index (χ4n) is 5.14. The van der Waals surface area contributed by atoms with Gasteiger partial charge in [0, 0.05) is 0 Å². The zero-order valence-electron chi connectivity index (χ0n) is 18.8. The van der Waals surface area contributed by atoms with Crippen molar-refractivity contribution >= 4 is 5.43 Å². The minimum absolute atomic E-state index is 0. The van der Waals surface area contributed by atoms with Crippen LogP contribution in [0.1, 0.15) is 68.9 Å². The third kappa shape index (κ3) is 7.56. The van der Waals surface area contributed by atoms with Crippen LogP contribution in [0.4, 0.5) is 0 Å². The van der Waals surface area contributed by atoms with Crippen LogP contribution in [0.15, 0.2) is 60.7 Å². The van der Waals surface area contributed by atoms with Crippen molar-refractivity contribution in [2.24, 2.45) is 0 Å². The molecule has 4 aliphatic rings. The fourth-order valence-corrected chi connectivity index (χ4v) is 12.1. The molecule has 0 nitrogen and oxygen atoms in total. The van der Waals surface area contributed by atoms with Gasteiger partial charge < -0.3 is 24.8 Å². The van der Waals surface area contributed by atoms with Crippen LogP contribution < -0.4 is 24.8 Å². The summed E-state index contributed by atoms with van der Waals surface area (Å²) in [6, 6.07) is 18.1. The Balaban J connectivity index is 0.000000179. The van der Waals surface area contributed by atoms with E-state index < -0.39 is 0 Å². The molecule has 0 aliphatic heterocycles. The monoisotopic (exact) mass is 556 g/mol. The summed E-state index contributed by atoms with van der Waals surface area (Å²) in [5.41, 5.74) is 8.15. The van der Waals surface area contributed by atoms with Gasteiger partial charge in [0.25, 0.3) is 0 Å². The van der Waals surface area contributed by atoms with Gasteiger partial charge >= 0.3 is 91.2 Å². The van der Waals surface area contributed by atoms with Gasteiger partial charge in [-0.15, -0.1) is 12.0 Å². The molecule has 0 amide bonds. The zero-order chi connectivity index (χ0) is 20.6. The van der Waals surface area contributed by atoms with Gasteiger partial charge in [0.1, 0.15) is 0 Å². The van der Waals surface area contributed by atoms with Gasteiger partial charge in [-0.1, -0.05) is 35.4 Å². The van der Waals surface area contributed by atoms with Crippen LogP contribution in [0.25, 0.3) is 11.1 Å². The third-order valence-corrected chi connectivity index (χ3v) is 15.7. The summed E-state index contributed by atoms with van der Waals surface area (Å²) >= 11 is 1.94. The van der Waals surface area contributed by atoms with Gasteiger partial charge in [-0.25, -0.2) is 12.2 Å². The van der Waals surface area contributed by atoms with E-state index in [1.165, 1.54) is 33.3 Å². The Morgan fingerprint density at radius 1 is 0.812 bits per heavy atom. The average molecular weight is 559 g/mol. The first-order valence-electron chi connectivity index (χ1n) is 11.7. The van der Waals surface area contributed by atoms with Crippen LogP contribution in [0.3, 0.4) is 0 Å². The first-order valence-corrected chi connectivity index (χ1v) is 17.0. The van der Waals surface area contributed by atoms with E-state index in [-0.39, 0.29) is 30.2 Å². The van der Waals surface area contributed by atoms with Gasteiger partial charge in [0.05, 0.1) is 0 Å². The Morgan fingerprint density at radius 2 is 1.44 bits per heavy atom.